The highest BCUT2D eigenvalue weighted by Crippen LogP contribution is 2.34. The lowest BCUT2D eigenvalue weighted by atomic mass is 9.99. The maximum absolute atomic E-state index is 14.6. The van der Waals surface area contributed by atoms with Gasteiger partial charge in [-0.1, -0.05) is 18.2 Å². The fraction of sp³-hybridized carbons (Fsp3) is 0.375. The van der Waals surface area contributed by atoms with Crippen LogP contribution in [0.15, 0.2) is 48.7 Å². The average molecular weight is 445 g/mol. The van der Waals surface area contributed by atoms with Gasteiger partial charge in [0.2, 0.25) is 0 Å². The second-order valence-electron chi connectivity index (χ2n) is 8.89. The Labute approximate surface area is 182 Å². The number of rotatable bonds is 4. The highest BCUT2D eigenvalue weighted by Gasteiger charge is 2.44. The molecule has 2 atom stereocenters. The molecule has 168 valence electrons. The van der Waals surface area contributed by atoms with Gasteiger partial charge in [0.1, 0.15) is 5.82 Å². The fourth-order valence-corrected chi connectivity index (χ4v) is 5.18. The van der Waals surface area contributed by atoms with E-state index in [4.69, 9.17) is 0 Å². The van der Waals surface area contributed by atoms with Crippen molar-refractivity contribution in [2.75, 3.05) is 32.7 Å². The molecule has 3 aromatic rings. The second-order valence-corrected chi connectivity index (χ2v) is 8.89. The maximum Gasteiger partial charge on any atom is 0.401 e. The highest BCUT2D eigenvalue weighted by atomic mass is 19.4. The van der Waals surface area contributed by atoms with Crippen LogP contribution in [0.25, 0.3) is 10.9 Å². The number of fused-ring (bicyclic) bond motifs is 2. The Hall–Kier alpha value is -2.87. The smallest absolute Gasteiger partial charge is 0.361 e. The Kier molecular flexibility index (Phi) is 5.20. The predicted molar refractivity (Wildman–Crippen MR) is 113 cm³/mol. The minimum Gasteiger partial charge on any atom is -0.361 e. The summed E-state index contributed by atoms with van der Waals surface area (Å²) in [5.74, 6) is -0.965. The molecule has 0 radical (unpaired) electrons. The summed E-state index contributed by atoms with van der Waals surface area (Å²) in [4.78, 5) is 19.2. The molecule has 1 amide bonds. The van der Waals surface area contributed by atoms with Crippen molar-refractivity contribution in [3.63, 3.8) is 0 Å². The minimum atomic E-state index is -4.22. The molecule has 0 aliphatic carbocycles. The van der Waals surface area contributed by atoms with E-state index in [1.807, 2.05) is 30.5 Å². The van der Waals surface area contributed by atoms with Crippen LogP contribution in [0.2, 0.25) is 0 Å². The summed E-state index contributed by atoms with van der Waals surface area (Å²) in [5, 5.41) is 1.08. The third-order valence-corrected chi connectivity index (χ3v) is 6.59. The molecule has 1 aromatic heterocycles. The first kappa shape index (κ1) is 21.0. The SMILES string of the molecule is O=C(c1cc(Cc2cccc3[nH]ccc23)ccc1F)N1CC2CN(CC(F)(F)F)CC2C1. The summed E-state index contributed by atoms with van der Waals surface area (Å²) in [5.41, 5.74) is 2.95. The van der Waals surface area contributed by atoms with Gasteiger partial charge < -0.3 is 9.88 Å². The molecule has 32 heavy (non-hydrogen) atoms. The Bertz CT molecular complexity index is 1140. The van der Waals surface area contributed by atoms with Crippen LogP contribution in [-0.4, -0.2) is 59.6 Å². The van der Waals surface area contributed by atoms with E-state index in [-0.39, 0.29) is 23.3 Å². The first-order chi connectivity index (χ1) is 15.3. The number of benzene rings is 2. The topological polar surface area (TPSA) is 39.3 Å². The number of hydrogen-bond donors (Lipinski definition) is 1. The van der Waals surface area contributed by atoms with Crippen LogP contribution < -0.4 is 0 Å². The van der Waals surface area contributed by atoms with Gasteiger partial charge in [0, 0.05) is 43.3 Å². The molecule has 2 aromatic carbocycles. The first-order valence-electron chi connectivity index (χ1n) is 10.7. The van der Waals surface area contributed by atoms with Gasteiger partial charge in [0.05, 0.1) is 12.1 Å². The van der Waals surface area contributed by atoms with Crippen LogP contribution in [0.1, 0.15) is 21.5 Å². The van der Waals surface area contributed by atoms with Crippen LogP contribution in [0.5, 0.6) is 0 Å². The molecule has 4 nitrogen and oxygen atoms in total. The van der Waals surface area contributed by atoms with Gasteiger partial charge in [-0.2, -0.15) is 13.2 Å². The van der Waals surface area contributed by atoms with E-state index in [2.05, 4.69) is 4.98 Å². The zero-order chi connectivity index (χ0) is 22.5. The molecular weight excluding hydrogens is 422 g/mol. The van der Waals surface area contributed by atoms with E-state index < -0.39 is 18.5 Å². The molecule has 2 unspecified atom stereocenters. The van der Waals surface area contributed by atoms with E-state index in [0.717, 1.165) is 22.0 Å². The molecule has 5 rings (SSSR count). The highest BCUT2D eigenvalue weighted by molar-refractivity contribution is 5.95. The summed E-state index contributed by atoms with van der Waals surface area (Å²) in [6, 6.07) is 12.5. The summed E-state index contributed by atoms with van der Waals surface area (Å²) in [7, 11) is 0. The van der Waals surface area contributed by atoms with Gasteiger partial charge in [-0.15, -0.1) is 0 Å². The predicted octanol–water partition coefficient (Wildman–Crippen LogP) is 4.46. The number of aromatic nitrogens is 1. The van der Waals surface area contributed by atoms with Gasteiger partial charge in [0.25, 0.3) is 5.91 Å². The van der Waals surface area contributed by atoms with Crippen molar-refractivity contribution >= 4 is 16.8 Å². The van der Waals surface area contributed by atoms with Crippen LogP contribution in [0.3, 0.4) is 0 Å². The number of alkyl halides is 3. The zero-order valence-corrected chi connectivity index (χ0v) is 17.3. The molecule has 2 fully saturated rings. The summed E-state index contributed by atoms with van der Waals surface area (Å²) < 4.78 is 52.6. The number of nitrogens with one attached hydrogen (secondary N) is 1. The number of carbonyl (C=O) groups is 1. The van der Waals surface area contributed by atoms with Crippen LogP contribution in [0.4, 0.5) is 17.6 Å². The normalized spacial score (nSPS) is 21.4. The Balaban J connectivity index is 1.30. The standard InChI is InChI=1S/C24H23F4N3O/c25-21-5-4-15(8-16-2-1-3-22-19(16)6-7-29-22)9-20(21)23(32)31-12-17-10-30(11-18(17)13-31)14-24(26,27)28/h1-7,9,17-18,29H,8,10-14H2. The Morgan fingerprint density at radius 2 is 1.78 bits per heavy atom. The lowest BCUT2D eigenvalue weighted by Gasteiger charge is -2.22. The van der Waals surface area contributed by atoms with E-state index in [9.17, 15) is 22.4 Å². The van der Waals surface area contributed by atoms with E-state index in [0.29, 0.717) is 32.6 Å². The van der Waals surface area contributed by atoms with Crippen molar-refractivity contribution in [1.82, 2.24) is 14.8 Å². The minimum absolute atomic E-state index is 0.00117. The van der Waals surface area contributed by atoms with E-state index in [1.165, 1.54) is 11.0 Å². The van der Waals surface area contributed by atoms with Crippen molar-refractivity contribution in [3.8, 4) is 0 Å². The zero-order valence-electron chi connectivity index (χ0n) is 17.3. The number of likely N-dealkylation sites (tertiary alicyclic amines) is 2. The van der Waals surface area contributed by atoms with Crippen molar-refractivity contribution in [1.29, 1.82) is 0 Å². The number of amides is 1. The fourth-order valence-electron chi connectivity index (χ4n) is 5.18. The number of aromatic amines is 1. The maximum atomic E-state index is 14.6. The number of carbonyl (C=O) groups excluding carboxylic acids is 1. The van der Waals surface area contributed by atoms with Gasteiger partial charge in [-0.25, -0.2) is 4.39 Å². The van der Waals surface area contributed by atoms with Gasteiger partial charge in [-0.05, 0) is 53.6 Å². The largest absolute Gasteiger partial charge is 0.401 e. The monoisotopic (exact) mass is 445 g/mol. The van der Waals surface area contributed by atoms with Gasteiger partial charge in [-0.3, -0.25) is 9.69 Å². The molecule has 3 heterocycles. The average Bonchev–Trinajstić information content (AvgIpc) is 3.42. The molecule has 2 saturated heterocycles. The Morgan fingerprint density at radius 3 is 2.50 bits per heavy atom. The number of halogens is 4. The first-order valence-corrected chi connectivity index (χ1v) is 10.7. The van der Waals surface area contributed by atoms with Gasteiger partial charge in [0.15, 0.2) is 0 Å². The van der Waals surface area contributed by atoms with Gasteiger partial charge >= 0.3 is 6.18 Å². The number of nitrogens with zero attached hydrogens (tertiary/aromatic N) is 2. The summed E-state index contributed by atoms with van der Waals surface area (Å²) >= 11 is 0. The molecule has 0 bridgehead atoms. The van der Waals surface area contributed by atoms with E-state index in [1.54, 1.807) is 17.0 Å². The van der Waals surface area contributed by atoms with Crippen LogP contribution in [-0.2, 0) is 6.42 Å². The second kappa shape index (κ2) is 7.92. The molecule has 0 spiro atoms. The van der Waals surface area contributed by atoms with E-state index >= 15 is 0 Å². The molecule has 2 aliphatic rings. The molecule has 1 N–H and O–H groups in total. The number of H-pyrrole nitrogens is 1. The number of hydrogen-bond acceptors (Lipinski definition) is 2. The van der Waals surface area contributed by atoms with Crippen molar-refractivity contribution in [3.05, 3.63) is 71.2 Å². The molecule has 0 saturated carbocycles. The van der Waals surface area contributed by atoms with Crippen LogP contribution in [0, 0.1) is 17.7 Å². The summed E-state index contributed by atoms with van der Waals surface area (Å²) in [6.07, 6.45) is -1.79. The van der Waals surface area contributed by atoms with Crippen molar-refractivity contribution in [2.24, 2.45) is 11.8 Å². The lowest BCUT2D eigenvalue weighted by molar-refractivity contribution is -0.144. The molecule has 8 heteroatoms. The lowest BCUT2D eigenvalue weighted by Crippen LogP contribution is -2.37. The third-order valence-electron chi connectivity index (χ3n) is 6.59. The summed E-state index contributed by atoms with van der Waals surface area (Å²) in [6.45, 7) is 0.446. The Morgan fingerprint density at radius 1 is 1.03 bits per heavy atom. The third kappa shape index (κ3) is 4.11. The molecular formula is C24H23F4N3O. The quantitative estimate of drug-likeness (QED) is 0.603. The van der Waals surface area contributed by atoms with Crippen molar-refractivity contribution < 1.29 is 22.4 Å². The van der Waals surface area contributed by atoms with Crippen molar-refractivity contribution in [2.45, 2.75) is 12.6 Å². The molecule has 2 aliphatic heterocycles. The van der Waals surface area contributed by atoms with Crippen LogP contribution >= 0.6 is 0 Å².